The highest BCUT2D eigenvalue weighted by atomic mass is 32.2. The average Bonchev–Trinajstić information content (AvgIpc) is 3.35. The van der Waals surface area contributed by atoms with Crippen molar-refractivity contribution in [1.82, 2.24) is 4.98 Å². The number of benzene rings is 3. The number of amides is 1. The van der Waals surface area contributed by atoms with E-state index >= 15 is 0 Å². The van der Waals surface area contributed by atoms with E-state index in [1.54, 1.807) is 11.8 Å². The van der Waals surface area contributed by atoms with Gasteiger partial charge in [0, 0.05) is 10.9 Å². The first kappa shape index (κ1) is 17.5. The lowest BCUT2D eigenvalue weighted by Gasteiger charge is -2.22. The molecule has 1 saturated heterocycles. The van der Waals surface area contributed by atoms with Crippen LogP contribution in [0.1, 0.15) is 16.5 Å². The van der Waals surface area contributed by atoms with E-state index in [4.69, 9.17) is 4.98 Å². The minimum atomic E-state index is -0.0332. The van der Waals surface area contributed by atoms with Gasteiger partial charge >= 0.3 is 0 Å². The molecule has 1 fully saturated rings. The number of thioether (sulfide) groups is 1. The Labute approximate surface area is 172 Å². The third kappa shape index (κ3) is 3.11. The molecule has 5 heteroatoms. The fraction of sp³-hybridized carbons (Fsp3) is 0.130. The predicted molar refractivity (Wildman–Crippen MR) is 119 cm³/mol. The summed E-state index contributed by atoms with van der Waals surface area (Å²) in [5.41, 5.74) is 4.36. The van der Waals surface area contributed by atoms with Crippen molar-refractivity contribution >= 4 is 44.9 Å². The molecule has 5 rings (SSSR count). The normalized spacial score (nSPS) is 16.8. The van der Waals surface area contributed by atoms with Crippen LogP contribution in [-0.4, -0.2) is 16.6 Å². The molecule has 0 spiro atoms. The third-order valence-corrected chi connectivity index (χ3v) is 7.02. The van der Waals surface area contributed by atoms with E-state index in [9.17, 15) is 4.79 Å². The van der Waals surface area contributed by atoms with E-state index in [2.05, 4.69) is 61.5 Å². The summed E-state index contributed by atoms with van der Waals surface area (Å²) in [5.74, 6) is 0.602. The van der Waals surface area contributed by atoms with Gasteiger partial charge in [-0.25, -0.2) is 4.98 Å². The topological polar surface area (TPSA) is 33.2 Å². The third-order valence-electron chi connectivity index (χ3n) is 4.97. The van der Waals surface area contributed by atoms with Crippen LogP contribution < -0.4 is 4.90 Å². The minimum Gasteiger partial charge on any atom is -0.273 e. The quantitative estimate of drug-likeness (QED) is 0.418. The number of thiazole rings is 1. The molecule has 1 aliphatic rings. The number of fused-ring (bicyclic) bond motifs is 1. The Morgan fingerprint density at radius 3 is 2.61 bits per heavy atom. The summed E-state index contributed by atoms with van der Waals surface area (Å²) in [5, 5.41) is 5.17. The van der Waals surface area contributed by atoms with Gasteiger partial charge in [-0.05, 0) is 29.3 Å². The van der Waals surface area contributed by atoms with Crippen molar-refractivity contribution < 1.29 is 4.79 Å². The smallest absolute Gasteiger partial charge is 0.240 e. The number of carbonyl (C=O) groups excluding carboxylic acids is 1. The van der Waals surface area contributed by atoms with Crippen molar-refractivity contribution in [1.29, 1.82) is 0 Å². The van der Waals surface area contributed by atoms with Crippen LogP contribution >= 0.6 is 23.1 Å². The van der Waals surface area contributed by atoms with Gasteiger partial charge < -0.3 is 0 Å². The summed E-state index contributed by atoms with van der Waals surface area (Å²) in [6, 6.07) is 23.1. The van der Waals surface area contributed by atoms with Gasteiger partial charge in [0.05, 0.1) is 11.4 Å². The highest BCUT2D eigenvalue weighted by Crippen LogP contribution is 2.44. The first-order chi connectivity index (χ1) is 13.7. The monoisotopic (exact) mass is 402 g/mol. The maximum absolute atomic E-state index is 12.7. The molecular formula is C23H18N2OS2. The van der Waals surface area contributed by atoms with Crippen LogP contribution in [0.15, 0.2) is 72.1 Å². The summed E-state index contributed by atoms with van der Waals surface area (Å²) in [4.78, 5) is 19.3. The molecule has 3 aromatic carbocycles. The molecule has 3 nitrogen and oxygen atoms in total. The van der Waals surface area contributed by atoms with Crippen molar-refractivity contribution in [2.45, 2.75) is 12.3 Å². The Hall–Kier alpha value is -2.63. The Kier molecular flexibility index (Phi) is 4.41. The predicted octanol–water partition coefficient (Wildman–Crippen LogP) is 6.05. The SMILES string of the molecule is Cc1ccc(-c2csc(N3C(=O)CS[C@@H]3c3ccc4ccccc4c3)n2)cc1. The van der Waals surface area contributed by atoms with Crippen LogP contribution in [0.3, 0.4) is 0 Å². The number of aromatic nitrogens is 1. The number of hydrogen-bond acceptors (Lipinski definition) is 4. The molecule has 0 N–H and O–H groups in total. The van der Waals surface area contributed by atoms with Crippen molar-refractivity contribution in [3.8, 4) is 11.3 Å². The maximum atomic E-state index is 12.7. The van der Waals surface area contributed by atoms with Crippen LogP contribution in [0.2, 0.25) is 0 Å². The van der Waals surface area contributed by atoms with Gasteiger partial charge in [-0.15, -0.1) is 23.1 Å². The van der Waals surface area contributed by atoms with Crippen LogP contribution in [-0.2, 0) is 4.79 Å². The highest BCUT2D eigenvalue weighted by molar-refractivity contribution is 8.00. The van der Waals surface area contributed by atoms with Gasteiger partial charge in [0.2, 0.25) is 5.91 Å². The Morgan fingerprint density at radius 2 is 1.79 bits per heavy atom. The first-order valence-corrected chi connectivity index (χ1v) is 11.1. The van der Waals surface area contributed by atoms with Gasteiger partial charge in [-0.1, -0.05) is 66.2 Å². The summed E-state index contributed by atoms with van der Waals surface area (Å²) in [7, 11) is 0. The van der Waals surface area contributed by atoms with E-state index in [0.717, 1.165) is 22.0 Å². The number of carbonyl (C=O) groups is 1. The number of hydrogen-bond donors (Lipinski definition) is 0. The molecule has 138 valence electrons. The fourth-order valence-electron chi connectivity index (χ4n) is 3.47. The van der Waals surface area contributed by atoms with Gasteiger partial charge in [0.1, 0.15) is 5.37 Å². The molecule has 28 heavy (non-hydrogen) atoms. The first-order valence-electron chi connectivity index (χ1n) is 9.14. The molecule has 2 heterocycles. The summed E-state index contributed by atoms with van der Waals surface area (Å²) >= 11 is 3.20. The van der Waals surface area contributed by atoms with Crippen molar-refractivity contribution in [2.75, 3.05) is 10.7 Å². The van der Waals surface area contributed by atoms with Crippen molar-refractivity contribution in [2.24, 2.45) is 0 Å². The molecular weight excluding hydrogens is 384 g/mol. The molecule has 0 unspecified atom stereocenters. The lowest BCUT2D eigenvalue weighted by molar-refractivity contribution is -0.115. The zero-order valence-corrected chi connectivity index (χ0v) is 17.0. The standard InChI is InChI=1S/C23H18N2OS2/c1-15-6-8-17(9-7-15)20-13-28-23(24-20)25-21(26)14-27-22(25)19-11-10-16-4-2-3-5-18(16)12-19/h2-13,22H,14H2,1H3/t22-/m1/s1. The zero-order valence-electron chi connectivity index (χ0n) is 15.3. The number of nitrogens with zero attached hydrogens (tertiary/aromatic N) is 2. The van der Waals surface area contributed by atoms with Crippen LogP contribution in [0.5, 0.6) is 0 Å². The van der Waals surface area contributed by atoms with E-state index in [0.29, 0.717) is 5.75 Å². The molecule has 1 atom stereocenters. The summed E-state index contributed by atoms with van der Waals surface area (Å²) in [6.45, 7) is 2.07. The second-order valence-corrected chi connectivity index (χ2v) is 8.82. The van der Waals surface area contributed by atoms with Crippen LogP contribution in [0, 0.1) is 6.92 Å². The zero-order chi connectivity index (χ0) is 19.1. The number of aryl methyl sites for hydroxylation is 1. The van der Waals surface area contributed by atoms with Gasteiger partial charge in [0.15, 0.2) is 5.13 Å². The average molecular weight is 403 g/mol. The lowest BCUT2D eigenvalue weighted by Crippen LogP contribution is -2.27. The van der Waals surface area contributed by atoms with E-state index in [-0.39, 0.29) is 11.3 Å². The maximum Gasteiger partial charge on any atom is 0.240 e. The van der Waals surface area contributed by atoms with Crippen LogP contribution in [0.25, 0.3) is 22.0 Å². The fourth-order valence-corrected chi connectivity index (χ4v) is 5.56. The number of anilines is 1. The molecule has 0 aliphatic carbocycles. The number of rotatable bonds is 3. The second-order valence-electron chi connectivity index (χ2n) is 6.92. The molecule has 1 aromatic heterocycles. The molecule has 4 aromatic rings. The van der Waals surface area contributed by atoms with Crippen LogP contribution in [0.4, 0.5) is 5.13 Å². The van der Waals surface area contributed by atoms with Crippen molar-refractivity contribution in [3.63, 3.8) is 0 Å². The molecule has 1 amide bonds. The summed E-state index contributed by atoms with van der Waals surface area (Å²) in [6.07, 6.45) is 0. The second kappa shape index (κ2) is 7.08. The van der Waals surface area contributed by atoms with Crippen molar-refractivity contribution in [3.05, 3.63) is 83.2 Å². The van der Waals surface area contributed by atoms with E-state index < -0.39 is 0 Å². The minimum absolute atomic E-state index is 0.0332. The van der Waals surface area contributed by atoms with E-state index in [1.165, 1.54) is 27.7 Å². The molecule has 0 saturated carbocycles. The van der Waals surface area contributed by atoms with E-state index in [1.807, 2.05) is 22.4 Å². The summed E-state index contributed by atoms with van der Waals surface area (Å²) < 4.78 is 0. The molecule has 0 radical (unpaired) electrons. The molecule has 1 aliphatic heterocycles. The Morgan fingerprint density at radius 1 is 1.00 bits per heavy atom. The highest BCUT2D eigenvalue weighted by Gasteiger charge is 2.36. The Bertz CT molecular complexity index is 1170. The van der Waals surface area contributed by atoms with Gasteiger partial charge in [-0.2, -0.15) is 0 Å². The molecule has 0 bridgehead atoms. The van der Waals surface area contributed by atoms with Gasteiger partial charge in [0.25, 0.3) is 0 Å². The largest absolute Gasteiger partial charge is 0.273 e. The Balaban J connectivity index is 1.50. The van der Waals surface area contributed by atoms with Gasteiger partial charge in [-0.3, -0.25) is 9.69 Å². The lowest BCUT2D eigenvalue weighted by atomic mass is 10.1.